The number of fused-ring (bicyclic) bond motifs is 1. The first-order valence-electron chi connectivity index (χ1n) is 5.27. The van der Waals surface area contributed by atoms with Crippen molar-refractivity contribution in [3.8, 4) is 0 Å². The Balaban J connectivity index is 2.40. The van der Waals surface area contributed by atoms with Crippen LogP contribution in [-0.4, -0.2) is 17.9 Å². The van der Waals surface area contributed by atoms with Crippen molar-refractivity contribution in [3.05, 3.63) is 52.2 Å². The molecule has 0 aliphatic carbocycles. The van der Waals surface area contributed by atoms with Gasteiger partial charge in [-0.2, -0.15) is 0 Å². The van der Waals surface area contributed by atoms with Crippen LogP contribution in [0.15, 0.2) is 36.5 Å². The molecular weight excluding hydrogens is 220 g/mol. The number of nitrogens with zero attached hydrogens (tertiary/aromatic N) is 2. The van der Waals surface area contributed by atoms with E-state index in [2.05, 4.69) is 0 Å². The fourth-order valence-corrected chi connectivity index (χ4v) is 2.02. The Morgan fingerprint density at radius 1 is 1.47 bits per heavy atom. The number of benzene rings is 1. The van der Waals surface area contributed by atoms with E-state index in [-0.39, 0.29) is 18.2 Å². The van der Waals surface area contributed by atoms with Gasteiger partial charge < -0.3 is 4.90 Å². The lowest BCUT2D eigenvalue weighted by Gasteiger charge is -2.29. The maximum absolute atomic E-state index is 11.7. The first-order chi connectivity index (χ1) is 8.09. The predicted molar refractivity (Wildman–Crippen MR) is 63.3 cm³/mol. The lowest BCUT2D eigenvalue weighted by atomic mass is 9.90. The molecule has 1 aliphatic heterocycles. The number of carbonyl (C=O) groups excluding carboxylic acids is 1. The summed E-state index contributed by atoms with van der Waals surface area (Å²) in [7, 11) is 1.72. The van der Waals surface area contributed by atoms with E-state index in [0.717, 1.165) is 17.5 Å². The highest BCUT2D eigenvalue weighted by Gasteiger charge is 2.27. The number of anilines is 1. The Labute approximate surface area is 98.5 Å². The normalized spacial score (nSPS) is 19.5. The smallest absolute Gasteiger partial charge is 0.231 e. The average Bonchev–Trinajstić information content (AvgIpc) is 2.32. The fraction of sp³-hybridized carbons (Fsp3) is 0.250. The van der Waals surface area contributed by atoms with Crippen LogP contribution in [0.4, 0.5) is 5.69 Å². The van der Waals surface area contributed by atoms with Crippen LogP contribution in [0, 0.1) is 10.1 Å². The van der Waals surface area contributed by atoms with Gasteiger partial charge in [0.25, 0.3) is 0 Å². The molecule has 17 heavy (non-hydrogen) atoms. The standard InChI is InChI=1S/C12H12N2O3/c1-13-11-5-3-2-4-10(11)9(8-12(13)15)6-7-14(16)17/h2-7,9H,8H2,1H3/b7-6-. The van der Waals surface area contributed by atoms with E-state index in [1.807, 2.05) is 24.3 Å². The number of hydrogen-bond donors (Lipinski definition) is 0. The summed E-state index contributed by atoms with van der Waals surface area (Å²) in [5, 5.41) is 10.3. The van der Waals surface area contributed by atoms with Gasteiger partial charge in [-0.3, -0.25) is 14.9 Å². The molecule has 5 heteroatoms. The number of para-hydroxylation sites is 1. The van der Waals surface area contributed by atoms with E-state index in [1.165, 1.54) is 6.08 Å². The molecular formula is C12H12N2O3. The molecule has 1 heterocycles. The largest absolute Gasteiger partial charge is 0.315 e. The van der Waals surface area contributed by atoms with Gasteiger partial charge in [-0.05, 0) is 17.7 Å². The topological polar surface area (TPSA) is 63.5 Å². The first kappa shape index (κ1) is 11.3. The maximum Gasteiger partial charge on any atom is 0.231 e. The molecule has 0 fully saturated rings. The Bertz CT molecular complexity index is 496. The maximum atomic E-state index is 11.7. The van der Waals surface area contributed by atoms with E-state index in [1.54, 1.807) is 11.9 Å². The number of hydrogen-bond acceptors (Lipinski definition) is 3. The third-order valence-electron chi connectivity index (χ3n) is 2.91. The molecule has 1 aromatic rings. The summed E-state index contributed by atoms with van der Waals surface area (Å²) in [5.74, 6) is -0.234. The van der Waals surface area contributed by atoms with Crippen LogP contribution < -0.4 is 4.90 Å². The minimum absolute atomic E-state index is 0.0262. The molecule has 88 valence electrons. The van der Waals surface area contributed by atoms with Crippen molar-refractivity contribution in [2.75, 3.05) is 11.9 Å². The summed E-state index contributed by atoms with van der Waals surface area (Å²) < 4.78 is 0. The van der Waals surface area contributed by atoms with Crippen molar-refractivity contribution < 1.29 is 9.72 Å². The third-order valence-corrected chi connectivity index (χ3v) is 2.91. The SMILES string of the molecule is CN1C(=O)CC(/C=C\[N+](=O)[O-])c2ccccc21. The third kappa shape index (κ3) is 2.18. The van der Waals surface area contributed by atoms with E-state index in [9.17, 15) is 14.9 Å². The van der Waals surface area contributed by atoms with Crippen LogP contribution in [0.5, 0.6) is 0 Å². The second-order valence-corrected chi connectivity index (χ2v) is 3.95. The van der Waals surface area contributed by atoms with E-state index < -0.39 is 4.92 Å². The molecule has 1 aromatic carbocycles. The zero-order valence-electron chi connectivity index (χ0n) is 9.37. The quantitative estimate of drug-likeness (QED) is 0.578. The molecule has 0 saturated carbocycles. The lowest BCUT2D eigenvalue weighted by molar-refractivity contribution is -0.402. The van der Waals surface area contributed by atoms with Gasteiger partial charge in [0.05, 0.1) is 4.92 Å². The molecule has 1 atom stereocenters. The monoisotopic (exact) mass is 232 g/mol. The summed E-state index contributed by atoms with van der Waals surface area (Å²) >= 11 is 0. The van der Waals surface area contributed by atoms with Crippen molar-refractivity contribution in [1.29, 1.82) is 0 Å². The molecule has 0 N–H and O–H groups in total. The molecule has 1 amide bonds. The average molecular weight is 232 g/mol. The van der Waals surface area contributed by atoms with Crippen LogP contribution >= 0.6 is 0 Å². The molecule has 0 aromatic heterocycles. The van der Waals surface area contributed by atoms with Crippen molar-refractivity contribution in [1.82, 2.24) is 0 Å². The second-order valence-electron chi connectivity index (χ2n) is 3.95. The minimum Gasteiger partial charge on any atom is -0.315 e. The summed E-state index contributed by atoms with van der Waals surface area (Å²) in [6, 6.07) is 7.46. The second kappa shape index (κ2) is 4.37. The van der Waals surface area contributed by atoms with Crippen molar-refractivity contribution in [3.63, 3.8) is 0 Å². The predicted octanol–water partition coefficient (Wildman–Crippen LogP) is 1.93. The van der Waals surface area contributed by atoms with Crippen molar-refractivity contribution in [2.45, 2.75) is 12.3 Å². The van der Waals surface area contributed by atoms with Gasteiger partial charge in [0.1, 0.15) is 0 Å². The van der Waals surface area contributed by atoms with Crippen molar-refractivity contribution >= 4 is 11.6 Å². The molecule has 2 rings (SSSR count). The van der Waals surface area contributed by atoms with Crippen molar-refractivity contribution in [2.24, 2.45) is 0 Å². The summed E-state index contributed by atoms with van der Waals surface area (Å²) in [6.45, 7) is 0. The minimum atomic E-state index is -0.509. The van der Waals surface area contributed by atoms with Gasteiger partial charge >= 0.3 is 0 Å². The lowest BCUT2D eigenvalue weighted by Crippen LogP contribution is -2.32. The van der Waals surface area contributed by atoms with Crippen LogP contribution in [0.2, 0.25) is 0 Å². The van der Waals surface area contributed by atoms with Gasteiger partial charge in [-0.25, -0.2) is 0 Å². The molecule has 1 aliphatic rings. The van der Waals surface area contributed by atoms with Gasteiger partial charge in [0.15, 0.2) is 0 Å². The molecule has 1 unspecified atom stereocenters. The molecule has 5 nitrogen and oxygen atoms in total. The number of allylic oxidation sites excluding steroid dienone is 1. The summed E-state index contributed by atoms with van der Waals surface area (Å²) in [5.41, 5.74) is 1.77. The molecule has 0 spiro atoms. The van der Waals surface area contributed by atoms with Gasteiger partial charge in [0, 0.05) is 25.1 Å². The zero-order valence-corrected chi connectivity index (χ0v) is 9.37. The van der Waals surface area contributed by atoms with Gasteiger partial charge in [0.2, 0.25) is 12.1 Å². The Kier molecular flexibility index (Phi) is 2.91. The van der Waals surface area contributed by atoms with E-state index >= 15 is 0 Å². The van der Waals surface area contributed by atoms with Crippen LogP contribution in [0.25, 0.3) is 0 Å². The van der Waals surface area contributed by atoms with Gasteiger partial charge in [-0.1, -0.05) is 18.2 Å². The Hall–Kier alpha value is -2.17. The highest BCUT2D eigenvalue weighted by molar-refractivity contribution is 5.96. The summed E-state index contributed by atoms with van der Waals surface area (Å²) in [6.07, 6.45) is 2.65. The van der Waals surface area contributed by atoms with Crippen LogP contribution in [0.1, 0.15) is 17.9 Å². The number of carbonyl (C=O) groups is 1. The van der Waals surface area contributed by atoms with E-state index in [0.29, 0.717) is 0 Å². The highest BCUT2D eigenvalue weighted by Crippen LogP contribution is 2.35. The van der Waals surface area contributed by atoms with E-state index in [4.69, 9.17) is 0 Å². The molecule has 0 radical (unpaired) electrons. The zero-order chi connectivity index (χ0) is 12.4. The van der Waals surface area contributed by atoms with Crippen LogP contribution in [-0.2, 0) is 4.79 Å². The summed E-state index contributed by atoms with van der Waals surface area (Å²) in [4.78, 5) is 23.1. The molecule has 0 saturated heterocycles. The van der Waals surface area contributed by atoms with Crippen LogP contribution in [0.3, 0.4) is 0 Å². The Morgan fingerprint density at radius 2 is 2.18 bits per heavy atom. The highest BCUT2D eigenvalue weighted by atomic mass is 16.6. The Morgan fingerprint density at radius 3 is 2.88 bits per heavy atom. The number of amides is 1. The number of rotatable bonds is 2. The molecule has 0 bridgehead atoms. The number of nitro groups is 1. The fourth-order valence-electron chi connectivity index (χ4n) is 2.02. The first-order valence-corrected chi connectivity index (χ1v) is 5.27. The van der Waals surface area contributed by atoms with Gasteiger partial charge in [-0.15, -0.1) is 0 Å².